The Morgan fingerprint density at radius 1 is 1.62 bits per heavy atom. The Hall–Kier alpha value is -1.29. The van der Waals surface area contributed by atoms with Gasteiger partial charge in [-0.15, -0.1) is 0 Å². The van der Waals surface area contributed by atoms with E-state index in [0.29, 0.717) is 5.69 Å². The zero-order chi connectivity index (χ0) is 11.9. The predicted octanol–water partition coefficient (Wildman–Crippen LogP) is 2.17. The fourth-order valence-electron chi connectivity index (χ4n) is 2.58. The summed E-state index contributed by atoms with van der Waals surface area (Å²) in [6.07, 6.45) is 2.92. The molecule has 0 spiro atoms. The van der Waals surface area contributed by atoms with Gasteiger partial charge in [0.15, 0.2) is 0 Å². The molecule has 16 heavy (non-hydrogen) atoms. The van der Waals surface area contributed by atoms with E-state index in [-0.39, 0.29) is 17.6 Å². The van der Waals surface area contributed by atoms with E-state index in [1.54, 1.807) is 19.2 Å². The molecule has 0 radical (unpaired) electrons. The maximum absolute atomic E-state index is 11.0. The third-order valence-corrected chi connectivity index (χ3v) is 3.74. The summed E-state index contributed by atoms with van der Waals surface area (Å²) in [5.41, 5.74) is 0.338. The maximum Gasteiger partial charge on any atom is 0.352 e. The smallest absolute Gasteiger partial charge is 0.352 e. The number of aromatic carboxylic acids is 1. The summed E-state index contributed by atoms with van der Waals surface area (Å²) in [5.74, 6) is -0.873. The molecule has 1 heterocycles. The molecule has 4 heteroatoms. The second-order valence-electron chi connectivity index (χ2n) is 4.90. The minimum absolute atomic E-state index is 0.0159. The Balaban J connectivity index is 2.27. The maximum atomic E-state index is 11.0. The van der Waals surface area contributed by atoms with Crippen molar-refractivity contribution in [3.8, 4) is 0 Å². The molecule has 1 saturated carbocycles. The van der Waals surface area contributed by atoms with E-state index in [1.165, 1.54) is 0 Å². The third kappa shape index (κ3) is 1.45. The molecule has 2 atom stereocenters. The second-order valence-corrected chi connectivity index (χ2v) is 4.90. The molecule has 0 aliphatic heterocycles. The Morgan fingerprint density at radius 3 is 2.81 bits per heavy atom. The first-order valence-electron chi connectivity index (χ1n) is 5.41. The van der Waals surface area contributed by atoms with Crippen LogP contribution in [0.15, 0.2) is 18.3 Å². The van der Waals surface area contributed by atoms with Crippen molar-refractivity contribution in [1.82, 2.24) is 4.57 Å². The Kier molecular flexibility index (Phi) is 2.54. The molecule has 2 rings (SSSR count). The number of methoxy groups -OCH3 is 1. The van der Waals surface area contributed by atoms with Crippen LogP contribution in [0.25, 0.3) is 0 Å². The molecule has 1 N–H and O–H groups in total. The number of carbonyl (C=O) groups is 1. The summed E-state index contributed by atoms with van der Waals surface area (Å²) in [5, 5.41) is 9.06. The molecule has 4 nitrogen and oxygen atoms in total. The van der Waals surface area contributed by atoms with E-state index < -0.39 is 5.97 Å². The highest BCUT2D eigenvalue weighted by Gasteiger charge is 2.50. The van der Waals surface area contributed by atoms with Gasteiger partial charge < -0.3 is 14.4 Å². The SMILES string of the molecule is COC1CC(n2cccc2C(=O)O)C1(C)C. The summed E-state index contributed by atoms with van der Waals surface area (Å²) in [4.78, 5) is 11.0. The van der Waals surface area contributed by atoms with Gasteiger partial charge in [0, 0.05) is 24.8 Å². The monoisotopic (exact) mass is 223 g/mol. The molecule has 1 aromatic rings. The van der Waals surface area contributed by atoms with Gasteiger partial charge in [-0.1, -0.05) is 13.8 Å². The normalized spacial score (nSPS) is 27.4. The van der Waals surface area contributed by atoms with Crippen LogP contribution in [0.5, 0.6) is 0 Å². The van der Waals surface area contributed by atoms with Crippen molar-refractivity contribution in [3.63, 3.8) is 0 Å². The number of aromatic nitrogens is 1. The molecule has 0 saturated heterocycles. The zero-order valence-corrected chi connectivity index (χ0v) is 9.80. The predicted molar refractivity (Wildman–Crippen MR) is 59.6 cm³/mol. The highest BCUT2D eigenvalue weighted by atomic mass is 16.5. The quantitative estimate of drug-likeness (QED) is 0.854. The Morgan fingerprint density at radius 2 is 2.31 bits per heavy atom. The first-order valence-corrected chi connectivity index (χ1v) is 5.41. The van der Waals surface area contributed by atoms with Crippen molar-refractivity contribution in [1.29, 1.82) is 0 Å². The molecular weight excluding hydrogens is 206 g/mol. The van der Waals surface area contributed by atoms with Gasteiger partial charge in [0.05, 0.1) is 6.10 Å². The number of hydrogen-bond donors (Lipinski definition) is 1. The van der Waals surface area contributed by atoms with Gasteiger partial charge in [0.2, 0.25) is 0 Å². The summed E-state index contributed by atoms with van der Waals surface area (Å²) in [7, 11) is 1.70. The van der Waals surface area contributed by atoms with E-state index in [9.17, 15) is 4.79 Å². The van der Waals surface area contributed by atoms with Crippen molar-refractivity contribution in [2.24, 2.45) is 5.41 Å². The average Bonchev–Trinajstić information content (AvgIpc) is 2.65. The summed E-state index contributed by atoms with van der Waals surface area (Å²) in [6, 6.07) is 3.62. The van der Waals surface area contributed by atoms with Crippen molar-refractivity contribution >= 4 is 5.97 Å². The average molecular weight is 223 g/mol. The number of ether oxygens (including phenoxy) is 1. The van der Waals surface area contributed by atoms with Crippen LogP contribution in [-0.4, -0.2) is 28.9 Å². The van der Waals surface area contributed by atoms with Gasteiger partial charge in [-0.25, -0.2) is 4.79 Å². The van der Waals surface area contributed by atoms with Crippen LogP contribution < -0.4 is 0 Å². The van der Waals surface area contributed by atoms with Crippen LogP contribution in [0.1, 0.15) is 36.8 Å². The molecular formula is C12H17NO3. The van der Waals surface area contributed by atoms with Crippen molar-refractivity contribution in [3.05, 3.63) is 24.0 Å². The van der Waals surface area contributed by atoms with E-state index in [4.69, 9.17) is 9.84 Å². The fraction of sp³-hybridized carbons (Fsp3) is 0.583. The van der Waals surface area contributed by atoms with Gasteiger partial charge in [0.25, 0.3) is 0 Å². The molecule has 0 bridgehead atoms. The lowest BCUT2D eigenvalue weighted by molar-refractivity contribution is -0.113. The van der Waals surface area contributed by atoms with Gasteiger partial charge >= 0.3 is 5.97 Å². The molecule has 0 amide bonds. The topological polar surface area (TPSA) is 51.5 Å². The van der Waals surface area contributed by atoms with Crippen LogP contribution in [0.4, 0.5) is 0 Å². The number of rotatable bonds is 3. The Bertz CT molecular complexity index is 408. The zero-order valence-electron chi connectivity index (χ0n) is 9.80. The van der Waals surface area contributed by atoms with Gasteiger partial charge in [0.1, 0.15) is 5.69 Å². The second kappa shape index (κ2) is 3.63. The molecule has 1 aromatic heterocycles. The van der Waals surface area contributed by atoms with Crippen LogP contribution in [0.2, 0.25) is 0 Å². The molecule has 88 valence electrons. The van der Waals surface area contributed by atoms with Crippen LogP contribution in [-0.2, 0) is 4.74 Å². The fourth-order valence-corrected chi connectivity index (χ4v) is 2.58. The minimum Gasteiger partial charge on any atom is -0.477 e. The van der Waals surface area contributed by atoms with Crippen molar-refractivity contribution in [2.75, 3.05) is 7.11 Å². The van der Waals surface area contributed by atoms with Crippen molar-refractivity contribution in [2.45, 2.75) is 32.4 Å². The molecule has 1 fully saturated rings. The number of nitrogens with zero attached hydrogens (tertiary/aromatic N) is 1. The van der Waals surface area contributed by atoms with E-state index in [2.05, 4.69) is 13.8 Å². The van der Waals surface area contributed by atoms with E-state index >= 15 is 0 Å². The standard InChI is InChI=1S/C12H17NO3/c1-12(2)9(7-10(12)16-3)13-6-4-5-8(13)11(14)15/h4-6,9-10H,7H2,1-3H3,(H,14,15). The lowest BCUT2D eigenvalue weighted by Crippen LogP contribution is -2.51. The first kappa shape index (κ1) is 11.2. The van der Waals surface area contributed by atoms with Crippen LogP contribution in [0, 0.1) is 5.41 Å². The molecule has 1 aliphatic rings. The minimum atomic E-state index is -0.873. The summed E-state index contributed by atoms with van der Waals surface area (Å²) >= 11 is 0. The van der Waals surface area contributed by atoms with Gasteiger partial charge in [-0.3, -0.25) is 0 Å². The van der Waals surface area contributed by atoms with Crippen molar-refractivity contribution < 1.29 is 14.6 Å². The number of carboxylic acid groups (broad SMARTS) is 1. The number of hydrogen-bond acceptors (Lipinski definition) is 2. The van der Waals surface area contributed by atoms with Crippen LogP contribution in [0.3, 0.4) is 0 Å². The van der Waals surface area contributed by atoms with Gasteiger partial charge in [-0.05, 0) is 18.6 Å². The van der Waals surface area contributed by atoms with E-state index in [1.807, 2.05) is 10.8 Å². The molecule has 2 unspecified atom stereocenters. The van der Waals surface area contributed by atoms with Crippen LogP contribution >= 0.6 is 0 Å². The highest BCUT2D eigenvalue weighted by molar-refractivity contribution is 5.85. The summed E-state index contributed by atoms with van der Waals surface area (Å²) < 4.78 is 7.21. The highest BCUT2D eigenvalue weighted by Crippen LogP contribution is 2.51. The lowest BCUT2D eigenvalue weighted by Gasteiger charge is -2.51. The number of carboxylic acids is 1. The van der Waals surface area contributed by atoms with Gasteiger partial charge in [-0.2, -0.15) is 0 Å². The Labute approximate surface area is 94.8 Å². The third-order valence-electron chi connectivity index (χ3n) is 3.74. The van der Waals surface area contributed by atoms with E-state index in [0.717, 1.165) is 6.42 Å². The lowest BCUT2D eigenvalue weighted by atomic mass is 9.64. The summed E-state index contributed by atoms with van der Waals surface area (Å²) in [6.45, 7) is 4.22. The first-order chi connectivity index (χ1) is 7.48. The molecule has 0 aromatic carbocycles. The largest absolute Gasteiger partial charge is 0.477 e. The molecule has 1 aliphatic carbocycles.